The molecule has 0 saturated heterocycles. The summed E-state index contributed by atoms with van der Waals surface area (Å²) in [4.78, 5) is 15.2. The van der Waals surface area contributed by atoms with Gasteiger partial charge in [0.2, 0.25) is 0 Å². The number of carboxylic acid groups (broad SMARTS) is 1. The van der Waals surface area contributed by atoms with Crippen LogP contribution in [0.2, 0.25) is 0 Å². The van der Waals surface area contributed by atoms with E-state index in [4.69, 9.17) is 10.00 Å². The Morgan fingerprint density at radius 1 is 1.24 bits per heavy atom. The van der Waals surface area contributed by atoms with E-state index in [0.717, 1.165) is 11.1 Å². The Hall–Kier alpha value is -2.87. The third-order valence-electron chi connectivity index (χ3n) is 3.03. The highest BCUT2D eigenvalue weighted by molar-refractivity contribution is 5.90. The van der Waals surface area contributed by atoms with Gasteiger partial charge in [-0.2, -0.15) is 5.26 Å². The van der Waals surface area contributed by atoms with Gasteiger partial charge in [-0.3, -0.25) is 4.98 Å². The average Bonchev–Trinajstić information content (AvgIpc) is 2.42. The summed E-state index contributed by atoms with van der Waals surface area (Å²) in [5.74, 6) is -0.297. The van der Waals surface area contributed by atoms with Crippen LogP contribution in [0.25, 0.3) is 0 Å². The lowest BCUT2D eigenvalue weighted by Gasteiger charge is -2.14. The molecule has 106 valence electrons. The van der Waals surface area contributed by atoms with Crippen LogP contribution in [0.5, 0.6) is 11.5 Å². The van der Waals surface area contributed by atoms with Crippen molar-refractivity contribution in [3.8, 4) is 17.6 Å². The maximum absolute atomic E-state index is 11.2. The summed E-state index contributed by atoms with van der Waals surface area (Å²) in [5, 5.41) is 18.1. The summed E-state index contributed by atoms with van der Waals surface area (Å²) in [6.07, 6.45) is 1.28. The lowest BCUT2D eigenvalue weighted by molar-refractivity contribution is 0.0693. The topological polar surface area (TPSA) is 83.2 Å². The van der Waals surface area contributed by atoms with Crippen molar-refractivity contribution in [1.29, 1.82) is 5.26 Å². The van der Waals surface area contributed by atoms with E-state index in [1.54, 1.807) is 25.1 Å². The predicted octanol–water partition coefficient (Wildman–Crippen LogP) is 3.37. The molecule has 2 aromatic rings. The summed E-state index contributed by atoms with van der Waals surface area (Å²) in [5.41, 5.74) is 2.76. The van der Waals surface area contributed by atoms with Gasteiger partial charge in [-0.15, -0.1) is 0 Å². The highest BCUT2D eigenvalue weighted by atomic mass is 16.5. The number of hydrogen-bond donors (Lipinski definition) is 1. The third-order valence-corrected chi connectivity index (χ3v) is 3.03. The van der Waals surface area contributed by atoms with E-state index in [-0.39, 0.29) is 11.3 Å². The first kappa shape index (κ1) is 14.5. The minimum atomic E-state index is -1.10. The van der Waals surface area contributed by atoms with Gasteiger partial charge in [0.15, 0.2) is 0 Å². The van der Waals surface area contributed by atoms with Crippen molar-refractivity contribution in [3.05, 3.63) is 52.3 Å². The zero-order valence-corrected chi connectivity index (χ0v) is 12.0. The molecule has 1 aromatic carbocycles. The number of ether oxygens (including phenoxy) is 1. The van der Waals surface area contributed by atoms with Crippen molar-refractivity contribution < 1.29 is 14.6 Å². The number of aromatic carboxylic acids is 1. The molecule has 0 bridgehead atoms. The Bertz CT molecular complexity index is 738. The minimum absolute atomic E-state index is 0.00348. The van der Waals surface area contributed by atoms with Crippen LogP contribution in [0.15, 0.2) is 24.4 Å². The first-order valence-corrected chi connectivity index (χ1v) is 6.31. The average molecular weight is 282 g/mol. The Balaban J connectivity index is 2.51. The van der Waals surface area contributed by atoms with Crippen LogP contribution in [-0.4, -0.2) is 16.1 Å². The molecule has 0 radical (unpaired) electrons. The van der Waals surface area contributed by atoms with Gasteiger partial charge in [-0.25, -0.2) is 4.79 Å². The molecule has 0 spiro atoms. The van der Waals surface area contributed by atoms with Crippen LogP contribution >= 0.6 is 0 Å². The van der Waals surface area contributed by atoms with E-state index >= 15 is 0 Å². The second-order valence-electron chi connectivity index (χ2n) is 4.78. The summed E-state index contributed by atoms with van der Waals surface area (Å²) in [7, 11) is 0. The summed E-state index contributed by atoms with van der Waals surface area (Å²) >= 11 is 0. The molecule has 0 aliphatic heterocycles. The molecular formula is C16H14N2O3. The van der Waals surface area contributed by atoms with E-state index in [1.165, 1.54) is 6.20 Å². The summed E-state index contributed by atoms with van der Waals surface area (Å²) < 4.78 is 5.78. The van der Waals surface area contributed by atoms with Crippen molar-refractivity contribution in [2.75, 3.05) is 0 Å². The third kappa shape index (κ3) is 3.00. The van der Waals surface area contributed by atoms with Crippen LogP contribution in [-0.2, 0) is 0 Å². The number of hydrogen-bond acceptors (Lipinski definition) is 4. The van der Waals surface area contributed by atoms with Gasteiger partial charge >= 0.3 is 5.97 Å². The van der Waals surface area contributed by atoms with Crippen LogP contribution in [0.3, 0.4) is 0 Å². The van der Waals surface area contributed by atoms with Crippen molar-refractivity contribution >= 4 is 5.97 Å². The van der Waals surface area contributed by atoms with Gasteiger partial charge in [0.05, 0.1) is 11.6 Å². The monoisotopic (exact) mass is 282 g/mol. The fourth-order valence-electron chi connectivity index (χ4n) is 2.07. The van der Waals surface area contributed by atoms with Crippen molar-refractivity contribution in [1.82, 2.24) is 4.98 Å². The zero-order valence-electron chi connectivity index (χ0n) is 12.0. The molecule has 0 atom stereocenters. The largest absolute Gasteiger partial charge is 0.477 e. The normalized spacial score (nSPS) is 10.0. The molecule has 0 unspecified atom stereocenters. The highest BCUT2D eigenvalue weighted by Gasteiger charge is 2.15. The predicted molar refractivity (Wildman–Crippen MR) is 76.6 cm³/mol. The Morgan fingerprint density at radius 3 is 2.38 bits per heavy atom. The van der Waals surface area contributed by atoms with E-state index in [0.29, 0.717) is 17.0 Å². The molecule has 5 heteroatoms. The maximum atomic E-state index is 11.2. The first-order valence-electron chi connectivity index (χ1n) is 6.31. The number of carbonyl (C=O) groups is 1. The van der Waals surface area contributed by atoms with Crippen molar-refractivity contribution in [2.45, 2.75) is 20.8 Å². The zero-order chi connectivity index (χ0) is 15.6. The number of nitrogens with zero attached hydrogens (tertiary/aromatic N) is 2. The molecule has 2 rings (SSSR count). The number of benzene rings is 1. The smallest absolute Gasteiger partial charge is 0.341 e. The summed E-state index contributed by atoms with van der Waals surface area (Å²) in [6, 6.07) is 7.07. The first-order chi connectivity index (χ1) is 9.92. The molecule has 0 fully saturated rings. The highest BCUT2D eigenvalue weighted by Crippen LogP contribution is 2.31. The van der Waals surface area contributed by atoms with Gasteiger partial charge in [0, 0.05) is 18.0 Å². The molecule has 0 amide bonds. The van der Waals surface area contributed by atoms with Crippen LogP contribution in [0.4, 0.5) is 0 Å². The molecule has 1 N–H and O–H groups in total. The van der Waals surface area contributed by atoms with E-state index in [1.807, 2.05) is 13.8 Å². The summed E-state index contributed by atoms with van der Waals surface area (Å²) in [6.45, 7) is 5.40. The Labute approximate surface area is 122 Å². The fraction of sp³-hybridized carbons (Fsp3) is 0.188. The molecule has 1 heterocycles. The number of carboxylic acids is 1. The standard InChI is InChI=1S/C16H14N2O3/c1-9-4-12(7-17)5-10(2)15(9)21-14-6-11(3)18-8-13(14)16(19)20/h4-6,8H,1-3H3,(H,19,20). The molecule has 0 saturated carbocycles. The van der Waals surface area contributed by atoms with E-state index in [9.17, 15) is 9.90 Å². The number of nitriles is 1. The van der Waals surface area contributed by atoms with E-state index in [2.05, 4.69) is 11.1 Å². The second kappa shape index (κ2) is 5.63. The molecule has 21 heavy (non-hydrogen) atoms. The molecule has 1 aromatic heterocycles. The maximum Gasteiger partial charge on any atom is 0.341 e. The SMILES string of the molecule is Cc1cc(Oc2c(C)cc(C#N)cc2C)c(C(=O)O)cn1. The van der Waals surface area contributed by atoms with Gasteiger partial charge in [0.25, 0.3) is 0 Å². The van der Waals surface area contributed by atoms with Gasteiger partial charge < -0.3 is 9.84 Å². The molecule has 5 nitrogen and oxygen atoms in total. The Morgan fingerprint density at radius 2 is 1.86 bits per heavy atom. The van der Waals surface area contributed by atoms with Crippen LogP contribution < -0.4 is 4.74 Å². The number of rotatable bonds is 3. The van der Waals surface area contributed by atoms with Gasteiger partial charge in [-0.1, -0.05) is 0 Å². The lowest BCUT2D eigenvalue weighted by atomic mass is 10.1. The number of pyridine rings is 1. The van der Waals surface area contributed by atoms with Gasteiger partial charge in [0.1, 0.15) is 17.1 Å². The van der Waals surface area contributed by atoms with Crippen LogP contribution in [0, 0.1) is 32.1 Å². The fourth-order valence-corrected chi connectivity index (χ4v) is 2.07. The minimum Gasteiger partial charge on any atom is -0.477 e. The Kier molecular flexibility index (Phi) is 3.90. The van der Waals surface area contributed by atoms with Gasteiger partial charge in [-0.05, 0) is 44.0 Å². The van der Waals surface area contributed by atoms with E-state index < -0.39 is 5.97 Å². The van der Waals surface area contributed by atoms with Crippen LogP contribution in [0.1, 0.15) is 32.7 Å². The number of aryl methyl sites for hydroxylation is 3. The second-order valence-corrected chi connectivity index (χ2v) is 4.78. The molecule has 0 aliphatic rings. The number of aromatic nitrogens is 1. The van der Waals surface area contributed by atoms with Crippen molar-refractivity contribution in [2.24, 2.45) is 0 Å². The van der Waals surface area contributed by atoms with Crippen molar-refractivity contribution in [3.63, 3.8) is 0 Å². The quantitative estimate of drug-likeness (QED) is 0.933. The molecular weight excluding hydrogens is 268 g/mol. The molecule has 0 aliphatic carbocycles. The lowest BCUT2D eigenvalue weighted by Crippen LogP contribution is -2.03.